The number of piperazine rings is 1. The molecule has 4 nitrogen and oxygen atoms in total. The van der Waals surface area contributed by atoms with Gasteiger partial charge in [0.05, 0.1) is 6.04 Å². The Morgan fingerprint density at radius 3 is 2.48 bits per heavy atom. The Bertz CT molecular complexity index is 509. The molecule has 1 atom stereocenters. The quantitative estimate of drug-likeness (QED) is 0.867. The van der Waals surface area contributed by atoms with Gasteiger partial charge in [-0.05, 0) is 38.5 Å². The highest BCUT2D eigenvalue weighted by Crippen LogP contribution is 2.21. The Kier molecular flexibility index (Phi) is 4.46. The van der Waals surface area contributed by atoms with E-state index in [2.05, 4.69) is 5.32 Å². The first-order valence-electron chi connectivity index (χ1n) is 6.92. The van der Waals surface area contributed by atoms with Crippen molar-refractivity contribution in [3.8, 4) is 0 Å². The topological polar surface area (TPSA) is 41.6 Å². The van der Waals surface area contributed by atoms with E-state index in [0.717, 1.165) is 6.07 Å². The van der Waals surface area contributed by atoms with Crippen LogP contribution in [-0.4, -0.2) is 36.2 Å². The molecule has 6 heteroatoms. The van der Waals surface area contributed by atoms with Gasteiger partial charge in [0, 0.05) is 25.7 Å². The van der Waals surface area contributed by atoms with Gasteiger partial charge in [0.15, 0.2) is 0 Å². The summed E-state index contributed by atoms with van der Waals surface area (Å²) < 4.78 is 31.9. The highest BCUT2D eigenvalue weighted by atomic mass is 19.1. The van der Waals surface area contributed by atoms with Gasteiger partial charge in [-0.15, -0.1) is 0 Å². The van der Waals surface area contributed by atoms with E-state index >= 15 is 0 Å². The number of hydrogen-bond donors (Lipinski definition) is 1. The Hall–Kier alpha value is -1.69. The first-order valence-corrected chi connectivity index (χ1v) is 6.92. The van der Waals surface area contributed by atoms with Gasteiger partial charge in [-0.2, -0.15) is 0 Å². The predicted molar refractivity (Wildman–Crippen MR) is 74.9 cm³/mol. The zero-order valence-electron chi connectivity index (χ0n) is 12.5. The molecule has 0 aromatic heterocycles. The van der Waals surface area contributed by atoms with Crippen LogP contribution in [-0.2, 0) is 4.74 Å². The van der Waals surface area contributed by atoms with Crippen molar-refractivity contribution in [3.63, 3.8) is 0 Å². The van der Waals surface area contributed by atoms with Crippen LogP contribution >= 0.6 is 0 Å². The van der Waals surface area contributed by atoms with E-state index in [1.807, 2.05) is 0 Å². The molecule has 1 fully saturated rings. The number of rotatable bonds is 1. The van der Waals surface area contributed by atoms with E-state index in [-0.39, 0.29) is 6.04 Å². The minimum Gasteiger partial charge on any atom is -0.444 e. The lowest BCUT2D eigenvalue weighted by Gasteiger charge is -2.35. The van der Waals surface area contributed by atoms with Gasteiger partial charge in [0.1, 0.15) is 17.2 Å². The van der Waals surface area contributed by atoms with Crippen molar-refractivity contribution in [2.75, 3.05) is 19.6 Å². The van der Waals surface area contributed by atoms with Crippen LogP contribution in [0.2, 0.25) is 0 Å². The summed E-state index contributed by atoms with van der Waals surface area (Å²) in [5, 5.41) is 3.15. The van der Waals surface area contributed by atoms with Gasteiger partial charge in [-0.3, -0.25) is 0 Å². The molecule has 1 heterocycles. The van der Waals surface area contributed by atoms with Gasteiger partial charge in [0.2, 0.25) is 0 Å². The van der Waals surface area contributed by atoms with E-state index in [0.29, 0.717) is 25.2 Å². The minimum atomic E-state index is -0.624. The van der Waals surface area contributed by atoms with Gasteiger partial charge in [-0.25, -0.2) is 13.6 Å². The van der Waals surface area contributed by atoms with Crippen LogP contribution in [0.15, 0.2) is 18.2 Å². The third-order valence-corrected chi connectivity index (χ3v) is 3.11. The maximum Gasteiger partial charge on any atom is 0.410 e. The standard InChI is InChI=1S/C15H20F2N2O2/c1-15(2,3)21-14(20)19-5-4-18-13(9-19)10-6-11(16)8-12(17)7-10/h6-8,13,18H,4-5,9H2,1-3H3/t13-/m0/s1. The lowest BCUT2D eigenvalue weighted by Crippen LogP contribution is -2.49. The van der Waals surface area contributed by atoms with Crippen LogP contribution in [0.25, 0.3) is 0 Å². The molecule has 1 aliphatic heterocycles. The molecule has 1 N–H and O–H groups in total. The molecule has 1 aliphatic rings. The molecule has 0 bridgehead atoms. The van der Waals surface area contributed by atoms with Crippen molar-refractivity contribution in [1.29, 1.82) is 0 Å². The van der Waals surface area contributed by atoms with Crippen molar-refractivity contribution >= 4 is 6.09 Å². The number of nitrogens with one attached hydrogen (secondary N) is 1. The van der Waals surface area contributed by atoms with Crippen LogP contribution in [0.5, 0.6) is 0 Å². The lowest BCUT2D eigenvalue weighted by atomic mass is 10.0. The fraction of sp³-hybridized carbons (Fsp3) is 0.533. The summed E-state index contributed by atoms with van der Waals surface area (Å²) in [5.41, 5.74) is -0.0802. The molecule has 0 unspecified atom stereocenters. The number of carbonyl (C=O) groups is 1. The molecular weight excluding hydrogens is 278 g/mol. The number of amides is 1. The summed E-state index contributed by atoms with van der Waals surface area (Å²) >= 11 is 0. The monoisotopic (exact) mass is 298 g/mol. The molecule has 116 valence electrons. The molecule has 0 spiro atoms. The summed E-state index contributed by atoms with van der Waals surface area (Å²) in [4.78, 5) is 13.6. The summed E-state index contributed by atoms with van der Waals surface area (Å²) in [6.07, 6.45) is -0.411. The second kappa shape index (κ2) is 5.97. The average molecular weight is 298 g/mol. The molecule has 1 aromatic carbocycles. The maximum atomic E-state index is 13.3. The predicted octanol–water partition coefficient (Wildman–Crippen LogP) is 2.85. The molecule has 1 aromatic rings. The minimum absolute atomic E-state index is 0.309. The number of halogens is 2. The van der Waals surface area contributed by atoms with Crippen LogP contribution in [0.4, 0.5) is 13.6 Å². The summed E-state index contributed by atoms with van der Waals surface area (Å²) in [7, 11) is 0. The Labute approximate surface area is 123 Å². The van der Waals surface area contributed by atoms with Gasteiger partial charge in [0.25, 0.3) is 0 Å². The first kappa shape index (κ1) is 15.7. The molecular formula is C15H20F2N2O2. The summed E-state index contributed by atoms with van der Waals surface area (Å²) in [6.45, 7) is 6.76. The van der Waals surface area contributed by atoms with Crippen LogP contribution in [0.1, 0.15) is 32.4 Å². The molecule has 1 saturated heterocycles. The Balaban J connectivity index is 2.08. The summed E-state index contributed by atoms with van der Waals surface area (Å²) in [5.74, 6) is -1.25. The molecule has 0 aliphatic carbocycles. The number of benzene rings is 1. The van der Waals surface area contributed by atoms with Gasteiger partial charge in [-0.1, -0.05) is 0 Å². The highest BCUT2D eigenvalue weighted by Gasteiger charge is 2.28. The van der Waals surface area contributed by atoms with E-state index < -0.39 is 23.3 Å². The molecule has 21 heavy (non-hydrogen) atoms. The van der Waals surface area contributed by atoms with E-state index in [9.17, 15) is 13.6 Å². The Morgan fingerprint density at radius 1 is 1.29 bits per heavy atom. The van der Waals surface area contributed by atoms with Crippen molar-refractivity contribution in [2.24, 2.45) is 0 Å². The number of nitrogens with zero attached hydrogens (tertiary/aromatic N) is 1. The third kappa shape index (κ3) is 4.39. The lowest BCUT2D eigenvalue weighted by molar-refractivity contribution is 0.0195. The molecule has 0 radical (unpaired) electrons. The zero-order valence-corrected chi connectivity index (χ0v) is 12.5. The zero-order chi connectivity index (χ0) is 15.6. The fourth-order valence-corrected chi connectivity index (χ4v) is 2.24. The number of hydrogen-bond acceptors (Lipinski definition) is 3. The average Bonchev–Trinajstić information content (AvgIpc) is 2.36. The third-order valence-electron chi connectivity index (χ3n) is 3.11. The van der Waals surface area contributed by atoms with Crippen molar-refractivity contribution < 1.29 is 18.3 Å². The second-order valence-corrected chi connectivity index (χ2v) is 6.14. The second-order valence-electron chi connectivity index (χ2n) is 6.14. The first-order chi connectivity index (χ1) is 9.74. The Morgan fingerprint density at radius 2 is 1.90 bits per heavy atom. The SMILES string of the molecule is CC(C)(C)OC(=O)N1CCN[C@H](c2cc(F)cc(F)c2)C1. The van der Waals surface area contributed by atoms with Crippen LogP contribution < -0.4 is 5.32 Å². The van der Waals surface area contributed by atoms with Gasteiger partial charge >= 0.3 is 6.09 Å². The molecule has 2 rings (SSSR count). The van der Waals surface area contributed by atoms with E-state index in [4.69, 9.17) is 4.74 Å². The smallest absolute Gasteiger partial charge is 0.410 e. The number of carbonyl (C=O) groups excluding carboxylic acids is 1. The van der Waals surface area contributed by atoms with Crippen LogP contribution in [0.3, 0.4) is 0 Å². The summed E-state index contributed by atoms with van der Waals surface area (Å²) in [6, 6.07) is 3.08. The van der Waals surface area contributed by atoms with Crippen LogP contribution in [0, 0.1) is 11.6 Å². The van der Waals surface area contributed by atoms with Crippen molar-refractivity contribution in [1.82, 2.24) is 10.2 Å². The fourth-order valence-electron chi connectivity index (χ4n) is 2.24. The molecule has 1 amide bonds. The van der Waals surface area contributed by atoms with Gasteiger partial charge < -0.3 is 15.0 Å². The number of ether oxygens (including phenoxy) is 1. The van der Waals surface area contributed by atoms with E-state index in [1.165, 1.54) is 12.1 Å². The largest absolute Gasteiger partial charge is 0.444 e. The van der Waals surface area contributed by atoms with Crippen molar-refractivity contribution in [2.45, 2.75) is 32.4 Å². The van der Waals surface area contributed by atoms with E-state index in [1.54, 1.807) is 25.7 Å². The normalized spacial score (nSPS) is 19.5. The molecule has 0 saturated carbocycles. The maximum absolute atomic E-state index is 13.3. The highest BCUT2D eigenvalue weighted by molar-refractivity contribution is 5.68. The van der Waals surface area contributed by atoms with Crippen molar-refractivity contribution in [3.05, 3.63) is 35.4 Å².